The van der Waals surface area contributed by atoms with E-state index in [2.05, 4.69) is 10.3 Å². The normalized spacial score (nSPS) is 8.22. The van der Waals surface area contributed by atoms with Crippen molar-refractivity contribution in [1.29, 1.82) is 0 Å². The van der Waals surface area contributed by atoms with Gasteiger partial charge >= 0.3 is 0 Å². The summed E-state index contributed by atoms with van der Waals surface area (Å²) in [6.07, 6.45) is 2.12. The monoisotopic (exact) mass is 240 g/mol. The largest absolute Gasteiger partial charge is 0.329 e. The molecule has 4 heteroatoms. The Bertz CT molecular complexity index is 506. The molecule has 0 atom stereocenters. The van der Waals surface area contributed by atoms with Crippen LogP contribution in [-0.4, -0.2) is 12.5 Å². The maximum Gasteiger partial charge on any atom is 0.240 e. The number of rotatable bonds is 3. The number of aliphatic imine (C=N–C) groups is 1. The zero-order chi connectivity index (χ0) is 13.1. The van der Waals surface area contributed by atoms with Crippen LogP contribution in [0, 0.1) is 0 Å². The van der Waals surface area contributed by atoms with E-state index in [1.807, 2.05) is 48.5 Å². The highest BCUT2D eigenvalue weighted by atomic mass is 16.1. The van der Waals surface area contributed by atoms with Crippen molar-refractivity contribution in [1.82, 2.24) is 0 Å². The number of nitrogens with one attached hydrogen (secondary N) is 1. The second-order valence-electron chi connectivity index (χ2n) is 3.17. The molecule has 0 saturated carbocycles. The number of isocyanates is 1. The van der Waals surface area contributed by atoms with Gasteiger partial charge in [0.25, 0.3) is 0 Å². The fraction of sp³-hybridized carbons (Fsp3) is 0. The van der Waals surface area contributed by atoms with Crippen molar-refractivity contribution in [3.8, 4) is 0 Å². The van der Waals surface area contributed by atoms with Gasteiger partial charge in [0.2, 0.25) is 12.5 Å². The molecule has 4 nitrogen and oxygen atoms in total. The van der Waals surface area contributed by atoms with Gasteiger partial charge in [-0.2, -0.15) is 4.99 Å². The third-order valence-electron chi connectivity index (χ3n) is 1.93. The van der Waals surface area contributed by atoms with E-state index < -0.39 is 0 Å². The maximum absolute atomic E-state index is 9.86. The van der Waals surface area contributed by atoms with Gasteiger partial charge in [0.05, 0.1) is 5.69 Å². The average Bonchev–Trinajstić information content (AvgIpc) is 2.43. The lowest BCUT2D eigenvalue weighted by molar-refractivity contribution is -0.105. The van der Waals surface area contributed by atoms with Gasteiger partial charge in [-0.3, -0.25) is 4.79 Å². The van der Waals surface area contributed by atoms with Crippen molar-refractivity contribution in [2.45, 2.75) is 0 Å². The molecule has 90 valence electrons. The van der Waals surface area contributed by atoms with Crippen LogP contribution in [0.5, 0.6) is 0 Å². The topological polar surface area (TPSA) is 58.5 Å². The van der Waals surface area contributed by atoms with E-state index in [0.29, 0.717) is 12.1 Å². The van der Waals surface area contributed by atoms with E-state index in [-0.39, 0.29) is 0 Å². The number of benzene rings is 2. The van der Waals surface area contributed by atoms with Gasteiger partial charge in [-0.05, 0) is 24.3 Å². The molecule has 1 amide bonds. The minimum atomic E-state index is 0.646. The lowest BCUT2D eigenvalue weighted by Crippen LogP contribution is -1.91. The molecule has 0 saturated heterocycles. The molecule has 0 radical (unpaired) electrons. The summed E-state index contributed by atoms with van der Waals surface area (Å²) < 4.78 is 0. The third-order valence-corrected chi connectivity index (χ3v) is 1.93. The number of hydrogen-bond donors (Lipinski definition) is 1. The number of hydrogen-bond acceptors (Lipinski definition) is 3. The van der Waals surface area contributed by atoms with Gasteiger partial charge in [-0.15, -0.1) is 0 Å². The van der Waals surface area contributed by atoms with Crippen LogP contribution in [0.3, 0.4) is 0 Å². The first-order valence-corrected chi connectivity index (χ1v) is 5.25. The number of anilines is 1. The molecule has 18 heavy (non-hydrogen) atoms. The molecular weight excluding hydrogens is 228 g/mol. The zero-order valence-corrected chi connectivity index (χ0v) is 9.61. The molecule has 0 aromatic heterocycles. The Kier molecular flexibility index (Phi) is 6.26. The van der Waals surface area contributed by atoms with Crippen molar-refractivity contribution < 1.29 is 9.59 Å². The van der Waals surface area contributed by atoms with Crippen molar-refractivity contribution in [2.75, 3.05) is 5.32 Å². The summed E-state index contributed by atoms with van der Waals surface area (Å²) in [4.78, 5) is 22.9. The van der Waals surface area contributed by atoms with Gasteiger partial charge in [-0.25, -0.2) is 4.79 Å². The highest BCUT2D eigenvalue weighted by Crippen LogP contribution is 2.07. The van der Waals surface area contributed by atoms with E-state index in [0.717, 1.165) is 5.69 Å². The van der Waals surface area contributed by atoms with Crippen LogP contribution < -0.4 is 5.32 Å². The summed E-state index contributed by atoms with van der Waals surface area (Å²) in [6, 6.07) is 18.3. The van der Waals surface area contributed by atoms with Crippen LogP contribution in [0.1, 0.15) is 0 Å². The molecule has 0 heterocycles. The molecule has 0 unspecified atom stereocenters. The van der Waals surface area contributed by atoms with E-state index in [9.17, 15) is 9.59 Å². The molecule has 0 aliphatic rings. The summed E-state index contributed by atoms with van der Waals surface area (Å²) in [5, 5.41) is 2.53. The van der Waals surface area contributed by atoms with Gasteiger partial charge in [-0.1, -0.05) is 36.4 Å². The fourth-order valence-corrected chi connectivity index (χ4v) is 1.16. The minimum absolute atomic E-state index is 0.646. The van der Waals surface area contributed by atoms with Gasteiger partial charge < -0.3 is 5.32 Å². The second-order valence-corrected chi connectivity index (χ2v) is 3.17. The fourth-order valence-electron chi connectivity index (χ4n) is 1.16. The Morgan fingerprint density at radius 1 is 0.944 bits per heavy atom. The molecule has 0 spiro atoms. The van der Waals surface area contributed by atoms with E-state index >= 15 is 0 Å². The maximum atomic E-state index is 9.86. The lowest BCUT2D eigenvalue weighted by Gasteiger charge is -1.93. The molecule has 2 rings (SSSR count). The standard InChI is InChI=1S/C7H7NO.C7H5NO/c2*9-6-8-7-4-2-1-3-5-7/h1-6H,(H,8,9);1-5H. The Morgan fingerprint density at radius 2 is 1.50 bits per heavy atom. The average molecular weight is 240 g/mol. The summed E-state index contributed by atoms with van der Waals surface area (Å²) in [5.41, 5.74) is 1.47. The van der Waals surface area contributed by atoms with Crippen LogP contribution in [0.2, 0.25) is 0 Å². The second kappa shape index (κ2) is 8.44. The molecule has 0 fully saturated rings. The van der Waals surface area contributed by atoms with Crippen LogP contribution >= 0.6 is 0 Å². The molecule has 2 aromatic rings. The predicted octanol–water partition coefficient (Wildman–Crippen LogP) is 2.91. The first kappa shape index (κ1) is 13.4. The van der Waals surface area contributed by atoms with Crippen molar-refractivity contribution >= 4 is 23.9 Å². The third kappa shape index (κ3) is 5.39. The van der Waals surface area contributed by atoms with E-state index in [1.165, 1.54) is 6.08 Å². The number of nitrogens with zero attached hydrogens (tertiary/aromatic N) is 1. The number of carbonyl (C=O) groups is 1. The zero-order valence-electron chi connectivity index (χ0n) is 9.61. The summed E-state index contributed by atoms with van der Waals surface area (Å²) in [5.74, 6) is 0. The van der Waals surface area contributed by atoms with Crippen LogP contribution in [0.15, 0.2) is 65.7 Å². The minimum Gasteiger partial charge on any atom is -0.329 e. The van der Waals surface area contributed by atoms with Crippen LogP contribution in [0.25, 0.3) is 0 Å². The first-order chi connectivity index (χ1) is 8.86. The molecule has 2 aromatic carbocycles. The quantitative estimate of drug-likeness (QED) is 0.509. The van der Waals surface area contributed by atoms with Crippen molar-refractivity contribution in [3.05, 3.63) is 60.7 Å². The van der Waals surface area contributed by atoms with E-state index in [1.54, 1.807) is 12.1 Å². The first-order valence-electron chi connectivity index (χ1n) is 5.25. The van der Waals surface area contributed by atoms with Gasteiger partial charge in [0.15, 0.2) is 0 Å². The van der Waals surface area contributed by atoms with Crippen molar-refractivity contribution in [3.63, 3.8) is 0 Å². The Hall–Kier alpha value is -2.71. The highest BCUT2D eigenvalue weighted by molar-refractivity contribution is 5.70. The summed E-state index contributed by atoms with van der Waals surface area (Å²) in [6.45, 7) is 0. The Balaban J connectivity index is 0.000000180. The Labute approximate surface area is 105 Å². The lowest BCUT2D eigenvalue weighted by atomic mass is 10.3. The van der Waals surface area contributed by atoms with Crippen LogP contribution in [0.4, 0.5) is 11.4 Å². The van der Waals surface area contributed by atoms with Gasteiger partial charge in [0, 0.05) is 5.69 Å². The van der Waals surface area contributed by atoms with Gasteiger partial charge in [0.1, 0.15) is 0 Å². The van der Waals surface area contributed by atoms with E-state index in [4.69, 9.17) is 0 Å². The molecule has 0 bridgehead atoms. The number of carbonyl (C=O) groups excluding carboxylic acids is 2. The van der Waals surface area contributed by atoms with Crippen molar-refractivity contribution in [2.24, 2.45) is 4.99 Å². The molecular formula is C14H12N2O2. The smallest absolute Gasteiger partial charge is 0.240 e. The summed E-state index contributed by atoms with van der Waals surface area (Å²) >= 11 is 0. The Morgan fingerprint density at radius 3 is 2.00 bits per heavy atom. The molecule has 1 N–H and O–H groups in total. The summed E-state index contributed by atoms with van der Waals surface area (Å²) in [7, 11) is 0. The molecule has 0 aliphatic carbocycles. The number of amides is 1. The highest BCUT2D eigenvalue weighted by Gasteiger charge is 1.81. The molecule has 0 aliphatic heterocycles. The number of para-hydroxylation sites is 2. The predicted molar refractivity (Wildman–Crippen MR) is 70.4 cm³/mol. The SMILES string of the molecule is O=C=Nc1ccccc1.O=CNc1ccccc1. The van der Waals surface area contributed by atoms with Crippen LogP contribution in [-0.2, 0) is 9.59 Å².